The zero-order chi connectivity index (χ0) is 21.3. The highest BCUT2D eigenvalue weighted by Crippen LogP contribution is 2.60. The summed E-state index contributed by atoms with van der Waals surface area (Å²) in [5.41, 5.74) is 1.83. The Kier molecular flexibility index (Phi) is 8.70. The fraction of sp³-hybridized carbons (Fsp3) is 0.381. The lowest BCUT2D eigenvalue weighted by Gasteiger charge is -2.28. The second-order valence-electron chi connectivity index (χ2n) is 5.99. The van der Waals surface area contributed by atoms with Crippen molar-refractivity contribution < 1.29 is 27.9 Å². The van der Waals surface area contributed by atoms with E-state index in [0.717, 1.165) is 5.56 Å². The lowest BCUT2D eigenvalue weighted by Crippen LogP contribution is -2.15. The molecule has 2 aromatic carbocycles. The van der Waals surface area contributed by atoms with Crippen LogP contribution >= 0.6 is 7.60 Å². The highest BCUT2D eigenvalue weighted by atomic mass is 31.2. The van der Waals surface area contributed by atoms with E-state index in [1.165, 1.54) is 0 Å². The Bertz CT molecular complexity index is 812. The number of rotatable bonds is 11. The second kappa shape index (κ2) is 11.0. The number of nitrogens with one attached hydrogen (secondary N) is 1. The normalized spacial score (nSPS) is 12.3. The van der Waals surface area contributed by atoms with Crippen molar-refractivity contribution in [3.63, 3.8) is 0 Å². The van der Waals surface area contributed by atoms with Crippen LogP contribution in [0, 0.1) is 0 Å². The molecule has 8 heteroatoms. The molecule has 1 unspecified atom stereocenters. The highest BCUT2D eigenvalue weighted by Gasteiger charge is 2.37. The average molecular weight is 421 g/mol. The average Bonchev–Trinajstić information content (AvgIpc) is 2.73. The topological polar surface area (TPSA) is 83.1 Å². The summed E-state index contributed by atoms with van der Waals surface area (Å²) in [7, 11) is -1.94. The number of hydrogen-bond acceptors (Lipinski definition) is 7. The van der Waals surface area contributed by atoms with E-state index in [4.69, 9.17) is 18.5 Å². The van der Waals surface area contributed by atoms with Gasteiger partial charge < -0.3 is 23.8 Å². The molecule has 0 saturated heterocycles. The Hall–Kier alpha value is -2.34. The van der Waals surface area contributed by atoms with Crippen LogP contribution in [0.15, 0.2) is 48.5 Å². The Balaban J connectivity index is 2.36. The molecule has 2 rings (SSSR count). The van der Waals surface area contributed by atoms with Gasteiger partial charge >= 0.3 is 13.6 Å². The molecule has 1 N–H and O–H groups in total. The number of anilines is 1. The first-order chi connectivity index (χ1) is 14.0. The van der Waals surface area contributed by atoms with Crippen molar-refractivity contribution in [1.29, 1.82) is 0 Å². The summed E-state index contributed by atoms with van der Waals surface area (Å²) in [6, 6.07) is 14.0. The van der Waals surface area contributed by atoms with Crippen LogP contribution in [0.4, 0.5) is 5.69 Å². The summed E-state index contributed by atoms with van der Waals surface area (Å²) in [5.74, 6) is -0.434. The van der Waals surface area contributed by atoms with Gasteiger partial charge in [-0.15, -0.1) is 0 Å². The van der Waals surface area contributed by atoms with Crippen LogP contribution in [0.5, 0.6) is 5.75 Å². The highest BCUT2D eigenvalue weighted by molar-refractivity contribution is 7.54. The third kappa shape index (κ3) is 6.07. The molecule has 29 heavy (non-hydrogen) atoms. The SMILES string of the molecule is CCOC(=O)c1ccc(NC(c2ccc(OC)cc2)P(=O)(OCC)OCC)cc1. The summed E-state index contributed by atoms with van der Waals surface area (Å²) < 4.78 is 34.9. The number of methoxy groups -OCH3 is 1. The number of benzene rings is 2. The molecule has 158 valence electrons. The van der Waals surface area contributed by atoms with Crippen LogP contribution < -0.4 is 10.1 Å². The molecule has 2 aromatic rings. The van der Waals surface area contributed by atoms with Gasteiger partial charge in [-0.2, -0.15) is 0 Å². The summed E-state index contributed by atoms with van der Waals surface area (Å²) in [4.78, 5) is 11.9. The fourth-order valence-electron chi connectivity index (χ4n) is 2.75. The van der Waals surface area contributed by atoms with Crippen LogP contribution in [-0.4, -0.2) is 32.9 Å². The molecule has 0 bridgehead atoms. The van der Waals surface area contributed by atoms with Crippen LogP contribution in [0.1, 0.15) is 42.5 Å². The van der Waals surface area contributed by atoms with Gasteiger partial charge in [-0.1, -0.05) is 12.1 Å². The number of carbonyl (C=O) groups excluding carboxylic acids is 1. The molecule has 0 heterocycles. The van der Waals surface area contributed by atoms with Crippen molar-refractivity contribution in [3.05, 3.63) is 59.7 Å². The first-order valence-electron chi connectivity index (χ1n) is 9.53. The summed E-state index contributed by atoms with van der Waals surface area (Å²) in [6.45, 7) is 6.09. The molecule has 7 nitrogen and oxygen atoms in total. The van der Waals surface area contributed by atoms with Gasteiger partial charge in [-0.25, -0.2) is 4.79 Å². The summed E-state index contributed by atoms with van der Waals surface area (Å²) in [5, 5.41) is 3.24. The second-order valence-corrected chi connectivity index (χ2v) is 8.11. The molecule has 0 fully saturated rings. The van der Waals surface area contributed by atoms with Gasteiger partial charge in [0.05, 0.1) is 32.5 Å². The van der Waals surface area contributed by atoms with Crippen LogP contribution in [-0.2, 0) is 18.3 Å². The van der Waals surface area contributed by atoms with Gasteiger partial charge in [-0.3, -0.25) is 4.57 Å². The third-order valence-electron chi connectivity index (χ3n) is 4.07. The molecule has 1 atom stereocenters. The quantitative estimate of drug-likeness (QED) is 0.392. The Morgan fingerprint density at radius 3 is 2.00 bits per heavy atom. The van der Waals surface area contributed by atoms with E-state index in [-0.39, 0.29) is 19.2 Å². The van der Waals surface area contributed by atoms with Crippen molar-refractivity contribution in [3.8, 4) is 5.75 Å². The zero-order valence-electron chi connectivity index (χ0n) is 17.2. The summed E-state index contributed by atoms with van der Waals surface area (Å²) in [6.07, 6.45) is 0. The van der Waals surface area contributed by atoms with Crippen molar-refractivity contribution in [2.75, 3.05) is 32.2 Å². The van der Waals surface area contributed by atoms with Gasteiger partial charge in [0, 0.05) is 5.69 Å². The lowest BCUT2D eigenvalue weighted by molar-refractivity contribution is 0.0526. The van der Waals surface area contributed by atoms with Crippen molar-refractivity contribution in [2.24, 2.45) is 0 Å². The summed E-state index contributed by atoms with van der Waals surface area (Å²) >= 11 is 0. The van der Waals surface area contributed by atoms with E-state index in [2.05, 4.69) is 5.32 Å². The van der Waals surface area contributed by atoms with Gasteiger partial charge in [0.2, 0.25) is 0 Å². The first kappa shape index (κ1) is 22.9. The minimum atomic E-state index is -3.53. The standard InChI is InChI=1S/C21H28NO6P/c1-5-26-21(23)17-8-12-18(13-9-17)22-20(29(24,27-6-2)28-7-3)16-10-14-19(25-4)15-11-16/h8-15,20,22H,5-7H2,1-4H3. The molecule has 0 radical (unpaired) electrons. The van der Waals surface area contributed by atoms with Crippen LogP contribution in [0.3, 0.4) is 0 Å². The predicted octanol–water partition coefficient (Wildman–Crippen LogP) is 5.25. The van der Waals surface area contributed by atoms with Gasteiger partial charge in [-0.05, 0) is 62.7 Å². The molecule has 0 saturated carbocycles. The van der Waals surface area contributed by atoms with Crippen molar-refractivity contribution in [1.82, 2.24) is 0 Å². The Morgan fingerprint density at radius 2 is 1.52 bits per heavy atom. The number of esters is 1. The largest absolute Gasteiger partial charge is 0.497 e. The van der Waals surface area contributed by atoms with E-state index < -0.39 is 13.4 Å². The molecular weight excluding hydrogens is 393 g/mol. The van der Waals surface area contributed by atoms with E-state index in [1.54, 1.807) is 64.3 Å². The molecule has 0 aliphatic rings. The molecule has 0 aromatic heterocycles. The number of carbonyl (C=O) groups is 1. The zero-order valence-corrected chi connectivity index (χ0v) is 18.1. The van der Waals surface area contributed by atoms with E-state index in [9.17, 15) is 9.36 Å². The molecule has 0 aliphatic carbocycles. The maximum absolute atomic E-state index is 13.5. The van der Waals surface area contributed by atoms with Crippen LogP contribution in [0.25, 0.3) is 0 Å². The third-order valence-corrected chi connectivity index (χ3v) is 6.36. The minimum absolute atomic E-state index is 0.243. The molecule has 0 spiro atoms. The first-order valence-corrected chi connectivity index (χ1v) is 11.1. The molecule has 0 amide bonds. The van der Waals surface area contributed by atoms with E-state index in [0.29, 0.717) is 23.6 Å². The van der Waals surface area contributed by atoms with Crippen molar-refractivity contribution >= 4 is 19.3 Å². The Labute approximate surface area is 171 Å². The predicted molar refractivity (Wildman–Crippen MR) is 113 cm³/mol. The van der Waals surface area contributed by atoms with Gasteiger partial charge in [0.1, 0.15) is 5.75 Å². The molecular formula is C21H28NO6P. The van der Waals surface area contributed by atoms with E-state index in [1.807, 2.05) is 12.1 Å². The maximum Gasteiger partial charge on any atom is 0.357 e. The van der Waals surface area contributed by atoms with E-state index >= 15 is 0 Å². The number of ether oxygens (including phenoxy) is 2. The Morgan fingerprint density at radius 1 is 0.931 bits per heavy atom. The fourth-order valence-corrected chi connectivity index (χ4v) is 4.69. The van der Waals surface area contributed by atoms with Crippen molar-refractivity contribution in [2.45, 2.75) is 26.6 Å². The molecule has 0 aliphatic heterocycles. The van der Waals surface area contributed by atoms with Gasteiger partial charge in [0.25, 0.3) is 0 Å². The monoisotopic (exact) mass is 421 g/mol. The number of hydrogen-bond donors (Lipinski definition) is 1. The lowest BCUT2D eigenvalue weighted by atomic mass is 10.2. The smallest absolute Gasteiger partial charge is 0.357 e. The van der Waals surface area contributed by atoms with Gasteiger partial charge in [0.15, 0.2) is 5.78 Å². The van der Waals surface area contributed by atoms with Crippen LogP contribution in [0.2, 0.25) is 0 Å². The minimum Gasteiger partial charge on any atom is -0.497 e. The maximum atomic E-state index is 13.5.